The molecule has 3 N–H and O–H groups in total. The molecule has 1 rings (SSSR count). The maximum atomic E-state index is 11.9. The summed E-state index contributed by atoms with van der Waals surface area (Å²) in [5, 5.41) is 19.2. The van der Waals surface area contributed by atoms with E-state index >= 15 is 0 Å². The van der Waals surface area contributed by atoms with Gasteiger partial charge in [0, 0.05) is 31.9 Å². The molecule has 0 aliphatic carbocycles. The molecule has 0 spiro atoms. The fourth-order valence-corrected chi connectivity index (χ4v) is 2.58. The zero-order valence-corrected chi connectivity index (χ0v) is 14.4. The molecule has 6 nitrogen and oxygen atoms in total. The zero-order chi connectivity index (χ0) is 16.7. The molecule has 0 aromatic carbocycles. The first kappa shape index (κ1) is 18.5. The lowest BCUT2D eigenvalue weighted by Crippen LogP contribution is -2.45. The van der Waals surface area contributed by atoms with Gasteiger partial charge in [-0.1, -0.05) is 13.8 Å². The number of rotatable bonds is 8. The van der Waals surface area contributed by atoms with Crippen LogP contribution in [0, 0.1) is 19.8 Å². The monoisotopic (exact) mass is 310 g/mol. The molecular formula is C16H30N4O2. The van der Waals surface area contributed by atoms with Gasteiger partial charge >= 0.3 is 6.03 Å². The maximum absolute atomic E-state index is 11.9. The normalized spacial score (nSPS) is 12.5. The fraction of sp³-hybridized carbons (Fsp3) is 0.750. The summed E-state index contributed by atoms with van der Waals surface area (Å²) in [7, 11) is 1.95. The highest BCUT2D eigenvalue weighted by Crippen LogP contribution is 2.13. The summed E-state index contributed by atoms with van der Waals surface area (Å²) < 4.78 is 1.90. The highest BCUT2D eigenvalue weighted by atomic mass is 16.3. The fourth-order valence-electron chi connectivity index (χ4n) is 2.58. The first-order valence-corrected chi connectivity index (χ1v) is 8.01. The third kappa shape index (κ3) is 5.33. The standard InChI is InChI=1S/C16H30N4O2/c1-11(2)15(8-10-21)18-16(22)17-9-6-7-14-12(3)19-20(5)13(14)4/h11,15,21H,6-10H2,1-5H3,(H2,17,18,22). The van der Waals surface area contributed by atoms with Gasteiger partial charge in [0.1, 0.15) is 0 Å². The minimum Gasteiger partial charge on any atom is -0.396 e. The van der Waals surface area contributed by atoms with E-state index in [4.69, 9.17) is 5.11 Å². The SMILES string of the molecule is Cc1nn(C)c(C)c1CCCNC(=O)NC(CCO)C(C)C. The van der Waals surface area contributed by atoms with Crippen LogP contribution in [0.15, 0.2) is 0 Å². The Balaban J connectivity index is 2.33. The summed E-state index contributed by atoms with van der Waals surface area (Å²) in [5.41, 5.74) is 3.52. The molecule has 0 saturated carbocycles. The molecule has 1 aromatic rings. The summed E-state index contributed by atoms with van der Waals surface area (Å²) in [4.78, 5) is 11.9. The Bertz CT molecular complexity index is 483. The van der Waals surface area contributed by atoms with E-state index in [0.717, 1.165) is 18.5 Å². The van der Waals surface area contributed by atoms with Crippen LogP contribution in [0.4, 0.5) is 4.79 Å². The molecule has 22 heavy (non-hydrogen) atoms. The zero-order valence-electron chi connectivity index (χ0n) is 14.4. The number of nitrogens with zero attached hydrogens (tertiary/aromatic N) is 2. The van der Waals surface area contributed by atoms with Crippen LogP contribution in [0.5, 0.6) is 0 Å². The van der Waals surface area contributed by atoms with Crippen LogP contribution >= 0.6 is 0 Å². The maximum Gasteiger partial charge on any atom is 0.315 e. The Morgan fingerprint density at radius 2 is 2.05 bits per heavy atom. The van der Waals surface area contributed by atoms with E-state index < -0.39 is 0 Å². The van der Waals surface area contributed by atoms with E-state index in [-0.39, 0.29) is 18.7 Å². The first-order chi connectivity index (χ1) is 10.4. The van der Waals surface area contributed by atoms with Crippen LogP contribution in [0.25, 0.3) is 0 Å². The van der Waals surface area contributed by atoms with Gasteiger partial charge in [0.25, 0.3) is 0 Å². The minimum atomic E-state index is -0.160. The van der Waals surface area contributed by atoms with Crippen molar-refractivity contribution in [3.8, 4) is 0 Å². The molecule has 0 bridgehead atoms. The molecule has 0 fully saturated rings. The van der Waals surface area contributed by atoms with Crippen molar-refractivity contribution in [1.82, 2.24) is 20.4 Å². The molecule has 0 aliphatic heterocycles. The van der Waals surface area contributed by atoms with E-state index in [2.05, 4.69) is 22.7 Å². The molecule has 1 heterocycles. The lowest BCUT2D eigenvalue weighted by molar-refractivity contribution is 0.219. The molecule has 1 atom stereocenters. The second kappa shape index (κ2) is 8.78. The number of carbonyl (C=O) groups is 1. The second-order valence-corrected chi connectivity index (χ2v) is 6.14. The topological polar surface area (TPSA) is 79.2 Å². The van der Waals surface area contributed by atoms with E-state index in [1.807, 2.05) is 32.5 Å². The highest BCUT2D eigenvalue weighted by molar-refractivity contribution is 5.74. The molecule has 0 aliphatic rings. The van der Waals surface area contributed by atoms with Crippen molar-refractivity contribution >= 4 is 6.03 Å². The van der Waals surface area contributed by atoms with E-state index in [0.29, 0.717) is 18.9 Å². The summed E-state index contributed by atoms with van der Waals surface area (Å²) in [6, 6.07) is -0.153. The highest BCUT2D eigenvalue weighted by Gasteiger charge is 2.15. The predicted molar refractivity (Wildman–Crippen MR) is 87.9 cm³/mol. The first-order valence-electron chi connectivity index (χ1n) is 8.01. The van der Waals surface area contributed by atoms with Gasteiger partial charge in [-0.2, -0.15) is 5.10 Å². The van der Waals surface area contributed by atoms with Crippen LogP contribution in [0.2, 0.25) is 0 Å². The van der Waals surface area contributed by atoms with Gasteiger partial charge in [-0.25, -0.2) is 4.79 Å². The van der Waals surface area contributed by atoms with E-state index in [9.17, 15) is 4.79 Å². The largest absolute Gasteiger partial charge is 0.396 e. The average molecular weight is 310 g/mol. The molecule has 1 unspecified atom stereocenters. The molecule has 6 heteroatoms. The molecular weight excluding hydrogens is 280 g/mol. The Morgan fingerprint density at radius 1 is 1.36 bits per heavy atom. The number of amides is 2. The number of aliphatic hydroxyl groups is 1. The second-order valence-electron chi connectivity index (χ2n) is 6.14. The summed E-state index contributed by atoms with van der Waals surface area (Å²) >= 11 is 0. The Hall–Kier alpha value is -1.56. The number of aliphatic hydroxyl groups excluding tert-OH is 1. The third-order valence-corrected chi connectivity index (χ3v) is 4.11. The summed E-state index contributed by atoms with van der Waals surface area (Å²) in [6.45, 7) is 8.87. The van der Waals surface area contributed by atoms with Crippen LogP contribution in [0.3, 0.4) is 0 Å². The van der Waals surface area contributed by atoms with Gasteiger partial charge in [-0.3, -0.25) is 4.68 Å². The van der Waals surface area contributed by atoms with Crippen LogP contribution < -0.4 is 10.6 Å². The van der Waals surface area contributed by atoms with Gasteiger partial charge in [0.15, 0.2) is 0 Å². The van der Waals surface area contributed by atoms with Crippen LogP contribution in [-0.2, 0) is 13.5 Å². The Kier molecular flexibility index (Phi) is 7.38. The number of aryl methyl sites for hydroxylation is 2. The van der Waals surface area contributed by atoms with Crippen LogP contribution in [0.1, 0.15) is 43.6 Å². The van der Waals surface area contributed by atoms with Crippen molar-refractivity contribution in [2.24, 2.45) is 13.0 Å². The molecule has 0 saturated heterocycles. The van der Waals surface area contributed by atoms with Crippen molar-refractivity contribution in [3.05, 3.63) is 17.0 Å². The quantitative estimate of drug-likeness (QED) is 0.639. The van der Waals surface area contributed by atoms with Gasteiger partial charge in [0.2, 0.25) is 0 Å². The van der Waals surface area contributed by atoms with Crippen molar-refractivity contribution in [3.63, 3.8) is 0 Å². The lowest BCUT2D eigenvalue weighted by atomic mass is 10.0. The molecule has 0 radical (unpaired) electrons. The number of hydrogen-bond acceptors (Lipinski definition) is 3. The predicted octanol–water partition coefficient (Wildman–Crippen LogP) is 1.68. The molecule has 126 valence electrons. The number of nitrogens with one attached hydrogen (secondary N) is 2. The van der Waals surface area contributed by atoms with Crippen molar-refractivity contribution in [2.45, 2.75) is 53.0 Å². The van der Waals surface area contributed by atoms with E-state index in [1.165, 1.54) is 11.3 Å². The molecule has 1 aromatic heterocycles. The minimum absolute atomic E-state index is 0.00723. The Morgan fingerprint density at radius 3 is 2.55 bits per heavy atom. The average Bonchev–Trinajstić information content (AvgIpc) is 2.68. The van der Waals surface area contributed by atoms with Gasteiger partial charge in [-0.15, -0.1) is 0 Å². The van der Waals surface area contributed by atoms with Gasteiger partial charge in [-0.05, 0) is 44.6 Å². The van der Waals surface area contributed by atoms with Crippen molar-refractivity contribution in [2.75, 3.05) is 13.2 Å². The van der Waals surface area contributed by atoms with Gasteiger partial charge < -0.3 is 15.7 Å². The van der Waals surface area contributed by atoms with Crippen molar-refractivity contribution < 1.29 is 9.90 Å². The third-order valence-electron chi connectivity index (χ3n) is 4.11. The van der Waals surface area contributed by atoms with E-state index in [1.54, 1.807) is 0 Å². The van der Waals surface area contributed by atoms with Crippen LogP contribution in [-0.4, -0.2) is 40.1 Å². The molecule has 2 amide bonds. The number of hydrogen-bond donors (Lipinski definition) is 3. The smallest absolute Gasteiger partial charge is 0.315 e. The van der Waals surface area contributed by atoms with Gasteiger partial charge in [0.05, 0.1) is 5.69 Å². The Labute approximate surface area is 133 Å². The number of urea groups is 1. The van der Waals surface area contributed by atoms with Crippen molar-refractivity contribution in [1.29, 1.82) is 0 Å². The number of carbonyl (C=O) groups excluding carboxylic acids is 1. The number of aromatic nitrogens is 2. The summed E-state index contributed by atoms with van der Waals surface area (Å²) in [6.07, 6.45) is 2.38. The lowest BCUT2D eigenvalue weighted by Gasteiger charge is -2.21. The summed E-state index contributed by atoms with van der Waals surface area (Å²) in [5.74, 6) is 0.304.